The lowest BCUT2D eigenvalue weighted by Crippen LogP contribution is -2.28. The summed E-state index contributed by atoms with van der Waals surface area (Å²) in [5, 5.41) is 9.32. The number of halogens is 6. The Balaban J connectivity index is 1.98. The number of hydrogen-bond donors (Lipinski definition) is 1. The molecule has 174 valence electrons. The second kappa shape index (κ2) is 9.18. The van der Waals surface area contributed by atoms with Crippen molar-refractivity contribution in [3.8, 4) is 11.3 Å². The quantitative estimate of drug-likeness (QED) is 0.538. The molecule has 0 atom stereocenters. The average Bonchev–Trinajstić information content (AvgIpc) is 2.77. The number of rotatable bonds is 5. The fraction of sp³-hybridized carbons (Fsp3) is 0.227. The third kappa shape index (κ3) is 5.67. The van der Waals surface area contributed by atoms with Crippen LogP contribution in [0, 0.1) is 0 Å². The van der Waals surface area contributed by atoms with Crippen molar-refractivity contribution < 1.29 is 36.2 Å². The van der Waals surface area contributed by atoms with Gasteiger partial charge in [0.1, 0.15) is 6.61 Å². The fourth-order valence-electron chi connectivity index (χ4n) is 3.13. The molecule has 0 aliphatic rings. The summed E-state index contributed by atoms with van der Waals surface area (Å²) < 4.78 is 78.7. The van der Waals surface area contributed by atoms with Gasteiger partial charge in [-0.25, -0.2) is 9.97 Å². The Bertz CT molecular complexity index is 1110. The zero-order valence-electron chi connectivity index (χ0n) is 17.1. The van der Waals surface area contributed by atoms with Crippen LogP contribution in [0.4, 0.5) is 26.3 Å². The van der Waals surface area contributed by atoms with Gasteiger partial charge in [-0.1, -0.05) is 30.3 Å². The van der Waals surface area contributed by atoms with E-state index in [2.05, 4.69) is 9.97 Å². The van der Waals surface area contributed by atoms with Gasteiger partial charge in [-0.2, -0.15) is 26.3 Å². The highest BCUT2D eigenvalue weighted by Gasteiger charge is 2.37. The van der Waals surface area contributed by atoms with Crippen LogP contribution in [-0.4, -0.2) is 32.9 Å². The number of amides is 1. The average molecular weight is 469 g/mol. The summed E-state index contributed by atoms with van der Waals surface area (Å²) in [5.41, 5.74) is -2.61. The van der Waals surface area contributed by atoms with E-state index in [4.69, 9.17) is 0 Å². The maximum absolute atomic E-state index is 13.1. The van der Waals surface area contributed by atoms with Crippen molar-refractivity contribution >= 4 is 5.91 Å². The first-order chi connectivity index (χ1) is 15.4. The summed E-state index contributed by atoms with van der Waals surface area (Å²) >= 11 is 0. The number of carbonyl (C=O) groups excluding carboxylic acids is 1. The van der Waals surface area contributed by atoms with Crippen molar-refractivity contribution in [1.82, 2.24) is 14.9 Å². The van der Waals surface area contributed by atoms with E-state index in [1.165, 1.54) is 7.05 Å². The SMILES string of the molecule is CN(Cc1cc(C(F)(F)F)cc(C(F)(F)F)c1)C(=O)c1cnc(CO)nc1-c1ccccc1. The smallest absolute Gasteiger partial charge is 0.388 e. The highest BCUT2D eigenvalue weighted by Crippen LogP contribution is 2.36. The number of alkyl halides is 6. The molecule has 0 aliphatic carbocycles. The molecule has 2 aromatic carbocycles. The Morgan fingerprint density at radius 3 is 2.06 bits per heavy atom. The first-order valence-corrected chi connectivity index (χ1v) is 9.46. The lowest BCUT2D eigenvalue weighted by Gasteiger charge is -2.21. The van der Waals surface area contributed by atoms with Gasteiger partial charge in [0, 0.05) is 25.4 Å². The molecule has 1 aromatic heterocycles. The van der Waals surface area contributed by atoms with Crippen LogP contribution < -0.4 is 0 Å². The van der Waals surface area contributed by atoms with Gasteiger partial charge in [-0.15, -0.1) is 0 Å². The minimum Gasteiger partial charge on any atom is -0.388 e. The Morgan fingerprint density at radius 1 is 0.970 bits per heavy atom. The molecule has 0 unspecified atom stereocenters. The van der Waals surface area contributed by atoms with Crippen LogP contribution in [0.15, 0.2) is 54.7 Å². The van der Waals surface area contributed by atoms with Crippen molar-refractivity contribution in [2.45, 2.75) is 25.5 Å². The Morgan fingerprint density at radius 2 is 1.55 bits per heavy atom. The lowest BCUT2D eigenvalue weighted by atomic mass is 10.0. The maximum Gasteiger partial charge on any atom is 0.416 e. The van der Waals surface area contributed by atoms with Crippen molar-refractivity contribution in [2.24, 2.45) is 0 Å². The largest absolute Gasteiger partial charge is 0.416 e. The first-order valence-electron chi connectivity index (χ1n) is 9.46. The summed E-state index contributed by atoms with van der Waals surface area (Å²) in [6, 6.07) is 9.60. The van der Waals surface area contributed by atoms with Gasteiger partial charge in [0.25, 0.3) is 5.91 Å². The van der Waals surface area contributed by atoms with Gasteiger partial charge in [0.05, 0.1) is 22.4 Å². The summed E-state index contributed by atoms with van der Waals surface area (Å²) in [6.07, 6.45) is -8.83. The van der Waals surface area contributed by atoms with Crippen molar-refractivity contribution in [2.75, 3.05) is 7.05 Å². The molecule has 0 fully saturated rings. The molecule has 1 heterocycles. The normalized spacial score (nSPS) is 12.0. The molecule has 3 rings (SSSR count). The minimum atomic E-state index is -4.99. The molecule has 0 aliphatic heterocycles. The monoisotopic (exact) mass is 469 g/mol. The number of benzene rings is 2. The Kier molecular flexibility index (Phi) is 6.73. The number of aliphatic hydroxyl groups excluding tert-OH is 1. The fourth-order valence-corrected chi connectivity index (χ4v) is 3.13. The van der Waals surface area contributed by atoms with E-state index >= 15 is 0 Å². The Labute approximate surface area is 184 Å². The molecule has 0 radical (unpaired) electrons. The van der Waals surface area contributed by atoms with E-state index < -0.39 is 42.5 Å². The van der Waals surface area contributed by atoms with Gasteiger partial charge < -0.3 is 10.0 Å². The molecule has 11 heteroatoms. The highest BCUT2D eigenvalue weighted by molar-refractivity contribution is 5.99. The van der Waals surface area contributed by atoms with Crippen LogP contribution in [0.3, 0.4) is 0 Å². The van der Waals surface area contributed by atoms with Crippen molar-refractivity contribution in [3.05, 3.63) is 82.8 Å². The molecule has 0 saturated heterocycles. The standard InChI is InChI=1S/C22H17F6N3O2/c1-31(11-13-7-15(21(23,24)25)9-16(8-13)22(26,27)28)20(33)17-10-29-18(12-32)30-19(17)14-5-3-2-4-6-14/h2-10,32H,11-12H2,1H3. The van der Waals surface area contributed by atoms with Crippen LogP contribution in [0.1, 0.15) is 32.9 Å². The molecule has 5 nitrogen and oxygen atoms in total. The third-order valence-corrected chi connectivity index (χ3v) is 4.67. The zero-order chi connectivity index (χ0) is 24.4. The van der Waals surface area contributed by atoms with Gasteiger partial charge in [-0.05, 0) is 23.8 Å². The Hall–Kier alpha value is -3.47. The van der Waals surface area contributed by atoms with Gasteiger partial charge >= 0.3 is 12.4 Å². The van der Waals surface area contributed by atoms with Gasteiger partial charge in [-0.3, -0.25) is 4.79 Å². The molecule has 0 spiro atoms. The molecular formula is C22H17F6N3O2. The number of hydrogen-bond acceptors (Lipinski definition) is 4. The van der Waals surface area contributed by atoms with E-state index in [0.717, 1.165) is 11.1 Å². The van der Waals surface area contributed by atoms with E-state index in [0.29, 0.717) is 17.7 Å². The number of aliphatic hydroxyl groups is 1. The van der Waals surface area contributed by atoms with Crippen molar-refractivity contribution in [1.29, 1.82) is 0 Å². The lowest BCUT2D eigenvalue weighted by molar-refractivity contribution is -0.143. The van der Waals surface area contributed by atoms with Crippen LogP contribution in [-0.2, 0) is 25.5 Å². The maximum atomic E-state index is 13.1. The van der Waals surface area contributed by atoms with E-state index in [9.17, 15) is 36.2 Å². The van der Waals surface area contributed by atoms with Crippen LogP contribution >= 0.6 is 0 Å². The van der Waals surface area contributed by atoms with Gasteiger partial charge in [0.15, 0.2) is 5.82 Å². The van der Waals surface area contributed by atoms with Crippen LogP contribution in [0.25, 0.3) is 11.3 Å². The molecule has 0 bridgehead atoms. The zero-order valence-corrected chi connectivity index (χ0v) is 17.1. The van der Waals surface area contributed by atoms with Gasteiger partial charge in [0.2, 0.25) is 0 Å². The second-order valence-corrected chi connectivity index (χ2v) is 7.15. The predicted molar refractivity (Wildman–Crippen MR) is 106 cm³/mol. The highest BCUT2D eigenvalue weighted by atomic mass is 19.4. The molecule has 1 N–H and O–H groups in total. The van der Waals surface area contributed by atoms with Crippen LogP contribution in [0.2, 0.25) is 0 Å². The van der Waals surface area contributed by atoms with E-state index in [1.54, 1.807) is 30.3 Å². The molecule has 33 heavy (non-hydrogen) atoms. The summed E-state index contributed by atoms with van der Waals surface area (Å²) in [7, 11) is 1.24. The van der Waals surface area contributed by atoms with E-state index in [1.807, 2.05) is 0 Å². The summed E-state index contributed by atoms with van der Waals surface area (Å²) in [5.74, 6) is -0.676. The number of aromatic nitrogens is 2. The predicted octanol–water partition coefficient (Wildman–Crippen LogP) is 4.95. The number of carbonyl (C=O) groups is 1. The van der Waals surface area contributed by atoms with Crippen molar-refractivity contribution in [3.63, 3.8) is 0 Å². The minimum absolute atomic E-state index is 0.0241. The molecule has 0 saturated carbocycles. The third-order valence-electron chi connectivity index (χ3n) is 4.67. The topological polar surface area (TPSA) is 66.3 Å². The van der Waals surface area contributed by atoms with E-state index in [-0.39, 0.29) is 28.7 Å². The first kappa shape index (κ1) is 24.2. The summed E-state index contributed by atoms with van der Waals surface area (Å²) in [4.78, 5) is 22.1. The molecule has 1 amide bonds. The summed E-state index contributed by atoms with van der Waals surface area (Å²) in [6.45, 7) is -1.02. The molecular weight excluding hydrogens is 452 g/mol. The van der Waals surface area contributed by atoms with Crippen LogP contribution in [0.5, 0.6) is 0 Å². The molecule has 3 aromatic rings. The number of nitrogens with zero attached hydrogens (tertiary/aromatic N) is 3. The second-order valence-electron chi connectivity index (χ2n) is 7.15.